The fraction of sp³-hybridized carbons (Fsp3) is 0.364. The van der Waals surface area contributed by atoms with Crippen LogP contribution in [0, 0.1) is 0 Å². The van der Waals surface area contributed by atoms with E-state index in [1.54, 1.807) is 24.3 Å². The van der Waals surface area contributed by atoms with Crippen molar-refractivity contribution in [1.29, 1.82) is 0 Å². The van der Waals surface area contributed by atoms with Crippen molar-refractivity contribution in [2.75, 3.05) is 25.4 Å². The summed E-state index contributed by atoms with van der Waals surface area (Å²) in [5, 5.41) is 11.5. The lowest BCUT2D eigenvalue weighted by molar-refractivity contribution is 0.0990. The third-order valence-corrected chi connectivity index (χ3v) is 2.01. The Morgan fingerprint density at radius 1 is 1.47 bits per heavy atom. The molecule has 15 heavy (non-hydrogen) atoms. The Hall–Kier alpha value is -1.39. The molecule has 0 fully saturated rings. The van der Waals surface area contributed by atoms with Crippen molar-refractivity contribution in [2.45, 2.75) is 6.42 Å². The highest BCUT2D eigenvalue weighted by molar-refractivity contribution is 5.98. The number of aliphatic hydroxyl groups is 1. The van der Waals surface area contributed by atoms with Crippen molar-refractivity contribution in [3.63, 3.8) is 0 Å². The van der Waals surface area contributed by atoms with Gasteiger partial charge < -0.3 is 16.2 Å². The molecule has 0 spiro atoms. The van der Waals surface area contributed by atoms with Gasteiger partial charge in [0.15, 0.2) is 5.78 Å². The van der Waals surface area contributed by atoms with Crippen LogP contribution in [0.15, 0.2) is 24.3 Å². The van der Waals surface area contributed by atoms with Crippen LogP contribution in [0.2, 0.25) is 0 Å². The topological polar surface area (TPSA) is 75.4 Å². The molecule has 0 aliphatic heterocycles. The quantitative estimate of drug-likeness (QED) is 0.360. The molecule has 1 aromatic carbocycles. The third-order valence-electron chi connectivity index (χ3n) is 2.01. The Kier molecular flexibility index (Phi) is 4.80. The van der Waals surface area contributed by atoms with Gasteiger partial charge in [0.2, 0.25) is 0 Å². The summed E-state index contributed by atoms with van der Waals surface area (Å²) in [6, 6.07) is 6.91. The number of ketones is 1. The van der Waals surface area contributed by atoms with Crippen LogP contribution in [-0.2, 0) is 0 Å². The van der Waals surface area contributed by atoms with Crippen molar-refractivity contribution in [1.82, 2.24) is 5.32 Å². The summed E-state index contributed by atoms with van der Waals surface area (Å²) in [6.07, 6.45) is 0.657. The number of carbonyl (C=O) groups is 1. The number of aliphatic hydroxyl groups excluding tert-OH is 1. The number of nitrogen functional groups attached to an aromatic ring is 1. The fourth-order valence-electron chi connectivity index (χ4n) is 1.22. The van der Waals surface area contributed by atoms with Crippen molar-refractivity contribution >= 4 is 11.5 Å². The van der Waals surface area contributed by atoms with Gasteiger partial charge in [-0.05, 0) is 25.1 Å². The lowest BCUT2D eigenvalue weighted by Gasteiger charge is -2.03. The first-order chi connectivity index (χ1) is 7.24. The Balaban J connectivity index is 2.40. The SMILES string of the molecule is Nc1cccc(C(=O)CNCCCO)c1. The highest BCUT2D eigenvalue weighted by Gasteiger charge is 2.04. The Labute approximate surface area is 89.1 Å². The minimum atomic E-state index is 0.0141. The number of anilines is 1. The van der Waals surface area contributed by atoms with Crippen LogP contribution in [0.3, 0.4) is 0 Å². The van der Waals surface area contributed by atoms with Gasteiger partial charge in [0.05, 0.1) is 6.54 Å². The van der Waals surface area contributed by atoms with Crippen molar-refractivity contribution in [3.05, 3.63) is 29.8 Å². The van der Waals surface area contributed by atoms with E-state index < -0.39 is 0 Å². The molecule has 0 atom stereocenters. The number of benzene rings is 1. The van der Waals surface area contributed by atoms with Crippen LogP contribution >= 0.6 is 0 Å². The van der Waals surface area contributed by atoms with Crippen LogP contribution in [-0.4, -0.2) is 30.6 Å². The standard InChI is InChI=1S/C11H16N2O2/c12-10-4-1-3-9(7-10)11(15)8-13-5-2-6-14/h1,3-4,7,13-14H,2,5-6,8,12H2. The zero-order valence-electron chi connectivity index (χ0n) is 8.57. The van der Waals surface area contributed by atoms with Crippen molar-refractivity contribution in [3.8, 4) is 0 Å². The summed E-state index contributed by atoms with van der Waals surface area (Å²) in [5.41, 5.74) is 6.78. The first-order valence-electron chi connectivity index (χ1n) is 4.94. The Morgan fingerprint density at radius 3 is 2.93 bits per heavy atom. The zero-order chi connectivity index (χ0) is 11.1. The monoisotopic (exact) mass is 208 g/mol. The first-order valence-corrected chi connectivity index (χ1v) is 4.94. The van der Waals surface area contributed by atoms with Gasteiger partial charge in [-0.2, -0.15) is 0 Å². The molecule has 0 saturated carbocycles. The van der Waals surface area contributed by atoms with E-state index in [4.69, 9.17) is 10.8 Å². The molecule has 0 unspecified atom stereocenters. The highest BCUT2D eigenvalue weighted by atomic mass is 16.3. The maximum absolute atomic E-state index is 11.6. The van der Waals surface area contributed by atoms with E-state index >= 15 is 0 Å². The molecule has 0 saturated heterocycles. The van der Waals surface area contributed by atoms with Crippen molar-refractivity contribution < 1.29 is 9.90 Å². The van der Waals surface area contributed by atoms with E-state index in [1.165, 1.54) is 0 Å². The Morgan fingerprint density at radius 2 is 2.27 bits per heavy atom. The summed E-state index contributed by atoms with van der Waals surface area (Å²) in [6.45, 7) is 1.06. The molecule has 4 nitrogen and oxygen atoms in total. The predicted octanol–water partition coefficient (Wildman–Crippen LogP) is 0.424. The molecule has 0 aliphatic carbocycles. The average Bonchev–Trinajstić information content (AvgIpc) is 2.24. The van der Waals surface area contributed by atoms with Gasteiger partial charge in [-0.25, -0.2) is 0 Å². The maximum Gasteiger partial charge on any atom is 0.176 e. The summed E-state index contributed by atoms with van der Waals surface area (Å²) >= 11 is 0. The van der Waals surface area contributed by atoms with Gasteiger partial charge in [-0.15, -0.1) is 0 Å². The molecular weight excluding hydrogens is 192 g/mol. The summed E-state index contributed by atoms with van der Waals surface area (Å²) in [4.78, 5) is 11.6. The smallest absolute Gasteiger partial charge is 0.176 e. The Bertz CT molecular complexity index is 326. The minimum Gasteiger partial charge on any atom is -0.399 e. The number of Topliss-reactive ketones (excluding diaryl/α,β-unsaturated/α-hetero) is 1. The van der Waals surface area contributed by atoms with Crippen LogP contribution in [0.4, 0.5) is 5.69 Å². The van der Waals surface area contributed by atoms with Gasteiger partial charge in [-0.1, -0.05) is 12.1 Å². The van der Waals surface area contributed by atoms with Gasteiger partial charge in [-0.3, -0.25) is 4.79 Å². The highest BCUT2D eigenvalue weighted by Crippen LogP contribution is 2.06. The second kappa shape index (κ2) is 6.16. The van der Waals surface area contributed by atoms with Crippen LogP contribution < -0.4 is 11.1 Å². The first kappa shape index (κ1) is 11.7. The molecule has 1 aromatic rings. The maximum atomic E-state index is 11.6. The zero-order valence-corrected chi connectivity index (χ0v) is 8.57. The fourth-order valence-corrected chi connectivity index (χ4v) is 1.22. The number of rotatable bonds is 6. The third kappa shape index (κ3) is 4.10. The van der Waals surface area contributed by atoms with E-state index in [0.717, 1.165) is 0 Å². The molecule has 4 heteroatoms. The largest absolute Gasteiger partial charge is 0.399 e. The molecule has 82 valence electrons. The molecule has 0 amide bonds. The number of carbonyl (C=O) groups excluding carboxylic acids is 1. The van der Waals surface area contributed by atoms with Gasteiger partial charge in [0.25, 0.3) is 0 Å². The lowest BCUT2D eigenvalue weighted by atomic mass is 10.1. The number of nitrogens with two attached hydrogens (primary N) is 1. The summed E-state index contributed by atoms with van der Waals surface area (Å²) in [5.74, 6) is 0.0141. The average molecular weight is 208 g/mol. The summed E-state index contributed by atoms with van der Waals surface area (Å²) in [7, 11) is 0. The van der Waals surface area contributed by atoms with E-state index in [0.29, 0.717) is 24.2 Å². The van der Waals surface area contributed by atoms with E-state index in [-0.39, 0.29) is 18.9 Å². The molecule has 0 radical (unpaired) electrons. The predicted molar refractivity (Wildman–Crippen MR) is 59.8 cm³/mol. The molecule has 4 N–H and O–H groups in total. The van der Waals surface area contributed by atoms with E-state index in [2.05, 4.69) is 5.32 Å². The van der Waals surface area contributed by atoms with Crippen molar-refractivity contribution in [2.24, 2.45) is 0 Å². The number of hydrogen-bond acceptors (Lipinski definition) is 4. The van der Waals surface area contributed by atoms with Gasteiger partial charge in [0, 0.05) is 17.9 Å². The molecule has 1 rings (SSSR count). The van der Waals surface area contributed by atoms with E-state index in [1.807, 2.05) is 0 Å². The lowest BCUT2D eigenvalue weighted by Crippen LogP contribution is -2.24. The van der Waals surface area contributed by atoms with E-state index in [9.17, 15) is 4.79 Å². The van der Waals surface area contributed by atoms with Gasteiger partial charge in [0.1, 0.15) is 0 Å². The van der Waals surface area contributed by atoms with Crippen LogP contribution in [0.5, 0.6) is 0 Å². The number of hydrogen-bond donors (Lipinski definition) is 3. The second-order valence-electron chi connectivity index (χ2n) is 3.30. The molecule has 0 aromatic heterocycles. The molecular formula is C11H16N2O2. The normalized spacial score (nSPS) is 10.2. The summed E-state index contributed by atoms with van der Waals surface area (Å²) < 4.78 is 0. The molecule has 0 aliphatic rings. The van der Waals surface area contributed by atoms with Gasteiger partial charge >= 0.3 is 0 Å². The minimum absolute atomic E-state index is 0.0141. The number of nitrogens with one attached hydrogen (secondary N) is 1. The molecule has 0 bridgehead atoms. The van der Waals surface area contributed by atoms with Crippen LogP contribution in [0.25, 0.3) is 0 Å². The second-order valence-corrected chi connectivity index (χ2v) is 3.30. The molecule has 0 heterocycles. The van der Waals surface area contributed by atoms with Crippen LogP contribution in [0.1, 0.15) is 16.8 Å².